The highest BCUT2D eigenvalue weighted by atomic mass is 14.1. The van der Waals surface area contributed by atoms with E-state index in [0.29, 0.717) is 0 Å². The molecule has 0 radical (unpaired) electrons. The second kappa shape index (κ2) is 9.98. The van der Waals surface area contributed by atoms with Crippen LogP contribution in [-0.4, -0.2) is 0 Å². The van der Waals surface area contributed by atoms with Crippen LogP contribution < -0.4 is 0 Å². The van der Waals surface area contributed by atoms with Gasteiger partial charge in [0.15, 0.2) is 0 Å². The van der Waals surface area contributed by atoms with Crippen molar-refractivity contribution < 1.29 is 0 Å². The lowest BCUT2D eigenvalue weighted by Gasteiger charge is -2.11. The highest BCUT2D eigenvalue weighted by Gasteiger charge is 2.08. The van der Waals surface area contributed by atoms with Crippen LogP contribution in [0.15, 0.2) is 121 Å². The van der Waals surface area contributed by atoms with Crippen molar-refractivity contribution in [3.05, 3.63) is 155 Å². The SMILES string of the molecule is Cc1ccc(C=Cc2ccc3c(ccc4c3ccc3c5ccc(C=Cc6ccc(C)cc6)cc5ccc34)c2)cc1. The minimum absolute atomic E-state index is 1.21. The van der Waals surface area contributed by atoms with Gasteiger partial charge in [-0.05, 0) is 91.3 Å². The quantitative estimate of drug-likeness (QED) is 0.163. The monoisotopic (exact) mass is 510 g/mol. The maximum atomic E-state index is 2.30. The molecule has 0 nitrogen and oxygen atoms in total. The summed E-state index contributed by atoms with van der Waals surface area (Å²) in [5.74, 6) is 0. The molecule has 0 aliphatic rings. The first kappa shape index (κ1) is 24.1. The van der Waals surface area contributed by atoms with Crippen molar-refractivity contribution in [1.29, 1.82) is 0 Å². The summed E-state index contributed by atoms with van der Waals surface area (Å²) in [7, 11) is 0. The van der Waals surface area contributed by atoms with Gasteiger partial charge in [0.2, 0.25) is 0 Å². The normalized spacial score (nSPS) is 12.1. The minimum Gasteiger partial charge on any atom is -0.0587 e. The molecule has 0 atom stereocenters. The standard InChI is InChI=1S/C40H30/c1-27-3-7-29(8-4-27)11-13-31-15-19-35-33(25-31)17-21-39-37(35)23-24-38-36-20-16-32(26-34(36)18-22-40(38)39)14-12-30-9-5-28(2)6-10-30/h3-26H,1-2H3. The summed E-state index contributed by atoms with van der Waals surface area (Å²) in [6.07, 6.45) is 8.77. The molecule has 0 amide bonds. The van der Waals surface area contributed by atoms with Crippen molar-refractivity contribution in [2.75, 3.05) is 0 Å². The average Bonchev–Trinajstić information content (AvgIpc) is 2.99. The Morgan fingerprint density at radius 2 is 0.600 bits per heavy atom. The predicted octanol–water partition coefficient (Wildman–Crippen LogP) is 11.3. The van der Waals surface area contributed by atoms with Crippen LogP contribution in [0.25, 0.3) is 67.4 Å². The molecule has 0 saturated carbocycles. The Hall–Kier alpha value is -4.94. The maximum Gasteiger partial charge on any atom is -0.00987 e. The van der Waals surface area contributed by atoms with Crippen LogP contribution in [0.1, 0.15) is 33.4 Å². The number of benzene rings is 7. The molecule has 0 unspecified atom stereocenters. The zero-order valence-electron chi connectivity index (χ0n) is 22.9. The van der Waals surface area contributed by atoms with Crippen LogP contribution in [0.3, 0.4) is 0 Å². The highest BCUT2D eigenvalue weighted by molar-refractivity contribution is 6.22. The predicted molar refractivity (Wildman–Crippen MR) is 177 cm³/mol. The van der Waals surface area contributed by atoms with Crippen molar-refractivity contribution >= 4 is 67.4 Å². The van der Waals surface area contributed by atoms with E-state index in [4.69, 9.17) is 0 Å². The number of fused-ring (bicyclic) bond motifs is 7. The fourth-order valence-corrected chi connectivity index (χ4v) is 5.69. The second-order valence-corrected chi connectivity index (χ2v) is 10.8. The van der Waals surface area contributed by atoms with E-state index in [0.717, 1.165) is 0 Å². The Balaban J connectivity index is 1.24. The van der Waals surface area contributed by atoms with Gasteiger partial charge in [0.25, 0.3) is 0 Å². The van der Waals surface area contributed by atoms with Gasteiger partial charge in [-0.3, -0.25) is 0 Å². The fraction of sp³-hybridized carbons (Fsp3) is 0.0500. The smallest absolute Gasteiger partial charge is 0.00987 e. The van der Waals surface area contributed by atoms with E-state index < -0.39 is 0 Å². The summed E-state index contributed by atoms with van der Waals surface area (Å²) >= 11 is 0. The van der Waals surface area contributed by atoms with Gasteiger partial charge in [-0.2, -0.15) is 0 Å². The van der Waals surface area contributed by atoms with E-state index in [1.54, 1.807) is 0 Å². The van der Waals surface area contributed by atoms with E-state index in [1.807, 2.05) is 0 Å². The molecule has 0 aliphatic heterocycles. The molecule has 0 aromatic heterocycles. The van der Waals surface area contributed by atoms with Crippen LogP contribution in [0.2, 0.25) is 0 Å². The third-order valence-corrected chi connectivity index (χ3v) is 7.97. The first-order valence-electron chi connectivity index (χ1n) is 13.9. The maximum absolute atomic E-state index is 2.30. The molecule has 190 valence electrons. The topological polar surface area (TPSA) is 0 Å². The minimum atomic E-state index is 1.21. The van der Waals surface area contributed by atoms with Crippen LogP contribution >= 0.6 is 0 Å². The Labute approximate surface area is 235 Å². The van der Waals surface area contributed by atoms with Gasteiger partial charge in [-0.1, -0.05) is 145 Å². The van der Waals surface area contributed by atoms with Crippen LogP contribution in [0, 0.1) is 13.8 Å². The summed E-state index contributed by atoms with van der Waals surface area (Å²) in [5, 5.41) is 10.3. The summed E-state index contributed by atoms with van der Waals surface area (Å²) in [6, 6.07) is 44.6. The van der Waals surface area contributed by atoms with Gasteiger partial charge in [0.05, 0.1) is 0 Å². The first-order chi connectivity index (χ1) is 19.6. The van der Waals surface area contributed by atoms with E-state index in [9.17, 15) is 0 Å². The van der Waals surface area contributed by atoms with Crippen molar-refractivity contribution in [2.45, 2.75) is 13.8 Å². The van der Waals surface area contributed by atoms with Crippen LogP contribution in [0.5, 0.6) is 0 Å². The van der Waals surface area contributed by atoms with Crippen LogP contribution in [-0.2, 0) is 0 Å². The number of hydrogen-bond donors (Lipinski definition) is 0. The lowest BCUT2D eigenvalue weighted by atomic mass is 9.93. The molecular formula is C40H30. The number of aryl methyl sites for hydroxylation is 2. The molecule has 0 saturated heterocycles. The van der Waals surface area contributed by atoms with E-state index in [-0.39, 0.29) is 0 Å². The molecule has 40 heavy (non-hydrogen) atoms. The van der Waals surface area contributed by atoms with Gasteiger partial charge >= 0.3 is 0 Å². The molecule has 0 fully saturated rings. The molecule has 0 heteroatoms. The zero-order valence-corrected chi connectivity index (χ0v) is 22.9. The molecular weight excluding hydrogens is 480 g/mol. The first-order valence-corrected chi connectivity index (χ1v) is 13.9. The van der Waals surface area contributed by atoms with Gasteiger partial charge in [0.1, 0.15) is 0 Å². The lowest BCUT2D eigenvalue weighted by molar-refractivity contribution is 1.46. The summed E-state index contributed by atoms with van der Waals surface area (Å²) in [6.45, 7) is 4.24. The molecule has 7 aromatic carbocycles. The Morgan fingerprint density at radius 1 is 0.300 bits per heavy atom. The molecule has 0 aliphatic carbocycles. The lowest BCUT2D eigenvalue weighted by Crippen LogP contribution is -1.84. The second-order valence-electron chi connectivity index (χ2n) is 10.8. The van der Waals surface area contributed by atoms with Gasteiger partial charge in [-0.25, -0.2) is 0 Å². The zero-order chi connectivity index (χ0) is 27.1. The Kier molecular flexibility index (Phi) is 6.02. The number of hydrogen-bond acceptors (Lipinski definition) is 0. The molecule has 0 bridgehead atoms. The molecule has 0 heterocycles. The number of rotatable bonds is 4. The van der Waals surface area contributed by atoms with Gasteiger partial charge in [0, 0.05) is 0 Å². The molecule has 0 spiro atoms. The third kappa shape index (κ3) is 4.59. The largest absolute Gasteiger partial charge is 0.0587 e. The van der Waals surface area contributed by atoms with Crippen molar-refractivity contribution in [1.82, 2.24) is 0 Å². The van der Waals surface area contributed by atoms with Gasteiger partial charge < -0.3 is 0 Å². The van der Waals surface area contributed by atoms with Crippen molar-refractivity contribution in [3.8, 4) is 0 Å². The third-order valence-electron chi connectivity index (χ3n) is 7.97. The Morgan fingerprint density at radius 3 is 1.02 bits per heavy atom. The van der Waals surface area contributed by atoms with E-state index >= 15 is 0 Å². The molecule has 7 aromatic rings. The highest BCUT2D eigenvalue weighted by Crippen LogP contribution is 2.35. The van der Waals surface area contributed by atoms with E-state index in [2.05, 4.69) is 159 Å². The van der Waals surface area contributed by atoms with Crippen molar-refractivity contribution in [2.24, 2.45) is 0 Å². The molecule has 0 N–H and O–H groups in total. The summed E-state index contributed by atoms with van der Waals surface area (Å²) in [5.41, 5.74) is 7.43. The molecule has 7 rings (SSSR count). The van der Waals surface area contributed by atoms with E-state index in [1.165, 1.54) is 76.5 Å². The summed E-state index contributed by atoms with van der Waals surface area (Å²) < 4.78 is 0. The van der Waals surface area contributed by atoms with Crippen molar-refractivity contribution in [3.63, 3.8) is 0 Å². The Bertz CT molecular complexity index is 1930. The fourth-order valence-electron chi connectivity index (χ4n) is 5.69. The van der Waals surface area contributed by atoms with Crippen LogP contribution in [0.4, 0.5) is 0 Å². The van der Waals surface area contributed by atoms with Gasteiger partial charge in [-0.15, -0.1) is 0 Å². The average molecular weight is 511 g/mol. The summed E-state index contributed by atoms with van der Waals surface area (Å²) in [4.78, 5) is 0.